The Morgan fingerprint density at radius 2 is 0.760 bits per heavy atom. The third-order valence-electron chi connectivity index (χ3n) is 2.80. The van der Waals surface area contributed by atoms with Crippen molar-refractivity contribution in [3.63, 3.8) is 0 Å². The van der Waals surface area contributed by atoms with Crippen LogP contribution in [0.15, 0.2) is 0 Å². The van der Waals surface area contributed by atoms with Crippen molar-refractivity contribution < 1.29 is 71.9 Å². The first-order chi connectivity index (χ1) is 10.5. The molecule has 0 aliphatic heterocycles. The summed E-state index contributed by atoms with van der Waals surface area (Å²) in [5.41, 5.74) is 0. The van der Waals surface area contributed by atoms with Crippen molar-refractivity contribution in [3.05, 3.63) is 0 Å². The molecule has 1 aliphatic rings. The Morgan fingerprint density at radius 1 is 0.520 bits per heavy atom. The highest BCUT2D eigenvalue weighted by molar-refractivity contribution is 7.46. The second-order valence-corrected chi connectivity index (χ2v) is 8.23. The molecule has 0 spiro atoms. The average Bonchev–Trinajstić information content (AvgIpc) is 2.32. The molecule has 0 unspecified atom stereocenters. The van der Waals surface area contributed by atoms with Gasteiger partial charge in [0.25, 0.3) is 0 Å². The summed E-state index contributed by atoms with van der Waals surface area (Å²) >= 11 is 0. The maximum absolute atomic E-state index is 10.9. The van der Waals surface area contributed by atoms with E-state index in [0.717, 1.165) is 0 Å². The van der Waals surface area contributed by atoms with Crippen molar-refractivity contribution in [1.29, 1.82) is 0 Å². The monoisotopic (exact) mass is 437 g/mol. The van der Waals surface area contributed by atoms with Gasteiger partial charge >= 0.3 is 23.5 Å². The Bertz CT molecular complexity index is 580. The van der Waals surface area contributed by atoms with Crippen LogP contribution in [0.3, 0.4) is 0 Å². The molecular formula is C6H18NO15P3. The SMILES string of the molecule is N.O=P(O)(O)O[C@@H]1[C@H](O)[C@H](O)[C@@H](OP(=O)(O)O)[C@H](OP(=O)(O)O)[C@H]1O. The number of rotatable bonds is 6. The second-order valence-electron chi connectivity index (χ2n) is 4.65. The highest BCUT2D eigenvalue weighted by atomic mass is 31.2. The van der Waals surface area contributed by atoms with Gasteiger partial charge in [-0.25, -0.2) is 13.7 Å². The first-order valence-corrected chi connectivity index (χ1v) is 10.4. The highest BCUT2D eigenvalue weighted by Gasteiger charge is 2.56. The number of aliphatic hydroxyl groups excluding tert-OH is 3. The van der Waals surface area contributed by atoms with Crippen molar-refractivity contribution in [2.75, 3.05) is 0 Å². The lowest BCUT2D eigenvalue weighted by molar-refractivity contribution is -0.212. The summed E-state index contributed by atoms with van der Waals surface area (Å²) in [5, 5.41) is 29.3. The molecule has 1 rings (SSSR count). The minimum Gasteiger partial charge on any atom is -0.387 e. The molecule has 0 aromatic carbocycles. The Labute approximate surface area is 139 Å². The van der Waals surface area contributed by atoms with Crippen LogP contribution >= 0.6 is 23.5 Å². The van der Waals surface area contributed by atoms with Crippen molar-refractivity contribution >= 4 is 23.5 Å². The van der Waals surface area contributed by atoms with Crippen LogP contribution in [0, 0.1) is 0 Å². The molecule has 152 valence electrons. The summed E-state index contributed by atoms with van der Waals surface area (Å²) in [4.78, 5) is 52.4. The standard InChI is InChI=1S/C6H15O15P3.H3N/c7-1-2(8)5(20-23(13,14)15)6(21-24(16,17)18)3(9)4(1)19-22(10,11)12;/h1-9H,(H2,10,11,12)(H2,13,14,15)(H2,16,17,18);1H3/t1-,2+,3+,4-,5-,6-;/m1./s1. The van der Waals surface area contributed by atoms with E-state index in [1.165, 1.54) is 0 Å². The molecule has 1 fully saturated rings. The molecule has 0 amide bonds. The molecule has 0 aromatic rings. The molecule has 0 heterocycles. The predicted molar refractivity (Wildman–Crippen MR) is 73.8 cm³/mol. The first kappa shape index (κ1) is 25.2. The maximum Gasteiger partial charge on any atom is 0.470 e. The molecule has 1 aliphatic carbocycles. The maximum atomic E-state index is 10.9. The Hall–Kier alpha value is 0.170. The van der Waals surface area contributed by atoms with Crippen molar-refractivity contribution in [3.8, 4) is 0 Å². The number of phosphoric acid groups is 3. The molecule has 1 saturated carbocycles. The van der Waals surface area contributed by atoms with Gasteiger partial charge in [0.1, 0.15) is 36.6 Å². The van der Waals surface area contributed by atoms with Gasteiger partial charge in [0, 0.05) is 0 Å². The molecule has 6 atom stereocenters. The number of hydrogen-bond acceptors (Lipinski definition) is 10. The van der Waals surface area contributed by atoms with Crippen molar-refractivity contribution in [2.24, 2.45) is 0 Å². The summed E-state index contributed by atoms with van der Waals surface area (Å²) < 4.78 is 44.7. The van der Waals surface area contributed by atoms with Crippen LogP contribution in [0.2, 0.25) is 0 Å². The van der Waals surface area contributed by atoms with Gasteiger partial charge < -0.3 is 50.8 Å². The van der Waals surface area contributed by atoms with Crippen LogP contribution in [0.25, 0.3) is 0 Å². The Kier molecular flexibility index (Phi) is 8.51. The predicted octanol–water partition coefficient (Wildman–Crippen LogP) is -3.32. The quantitative estimate of drug-likeness (QED) is 0.182. The average molecular weight is 437 g/mol. The van der Waals surface area contributed by atoms with E-state index in [1.54, 1.807) is 0 Å². The van der Waals surface area contributed by atoms with Gasteiger partial charge in [-0.2, -0.15) is 0 Å². The van der Waals surface area contributed by atoms with Gasteiger partial charge in [0.2, 0.25) is 0 Å². The lowest BCUT2D eigenvalue weighted by Crippen LogP contribution is -2.65. The molecule has 19 heteroatoms. The fraction of sp³-hybridized carbons (Fsp3) is 1.00. The highest BCUT2D eigenvalue weighted by Crippen LogP contribution is 2.49. The summed E-state index contributed by atoms with van der Waals surface area (Å²) in [6, 6.07) is 0. The van der Waals surface area contributed by atoms with Gasteiger partial charge in [-0.1, -0.05) is 0 Å². The normalized spacial score (nSPS) is 34.4. The first-order valence-electron chi connectivity index (χ1n) is 5.78. The van der Waals surface area contributed by atoms with E-state index in [0.29, 0.717) is 0 Å². The van der Waals surface area contributed by atoms with Gasteiger partial charge in [-0.15, -0.1) is 0 Å². The van der Waals surface area contributed by atoms with Gasteiger partial charge in [0.15, 0.2) is 0 Å². The van der Waals surface area contributed by atoms with E-state index < -0.39 is 60.1 Å². The van der Waals surface area contributed by atoms with E-state index in [9.17, 15) is 29.0 Å². The molecule has 0 radical (unpaired) electrons. The minimum absolute atomic E-state index is 0. The summed E-state index contributed by atoms with van der Waals surface area (Å²) in [6.45, 7) is 0. The zero-order valence-electron chi connectivity index (χ0n) is 12.0. The molecule has 0 aromatic heterocycles. The Balaban J connectivity index is 0.00000576. The van der Waals surface area contributed by atoms with Crippen LogP contribution in [0.4, 0.5) is 0 Å². The summed E-state index contributed by atoms with van der Waals surface area (Å²) in [5.74, 6) is 0. The van der Waals surface area contributed by atoms with Crippen LogP contribution in [-0.4, -0.2) is 81.3 Å². The van der Waals surface area contributed by atoms with Gasteiger partial charge in [-0.05, 0) is 0 Å². The summed E-state index contributed by atoms with van der Waals surface area (Å²) in [6.07, 6.45) is -14.3. The van der Waals surface area contributed by atoms with Crippen molar-refractivity contribution in [2.45, 2.75) is 36.6 Å². The molecule has 0 saturated heterocycles. The lowest BCUT2D eigenvalue weighted by Gasteiger charge is -2.44. The zero-order valence-corrected chi connectivity index (χ0v) is 14.7. The van der Waals surface area contributed by atoms with E-state index >= 15 is 0 Å². The third-order valence-corrected chi connectivity index (χ3v) is 4.35. The number of phosphoric ester groups is 3. The molecule has 25 heavy (non-hydrogen) atoms. The second kappa shape index (κ2) is 8.46. The molecule has 16 nitrogen and oxygen atoms in total. The molecule has 12 N–H and O–H groups in total. The van der Waals surface area contributed by atoms with Crippen LogP contribution in [-0.2, 0) is 27.3 Å². The van der Waals surface area contributed by atoms with Crippen LogP contribution in [0.5, 0.6) is 0 Å². The van der Waals surface area contributed by atoms with Crippen LogP contribution < -0.4 is 6.15 Å². The summed E-state index contributed by atoms with van der Waals surface area (Å²) in [7, 11) is -16.2. The largest absolute Gasteiger partial charge is 0.470 e. The van der Waals surface area contributed by atoms with E-state index in [2.05, 4.69) is 13.6 Å². The Morgan fingerprint density at radius 3 is 1.08 bits per heavy atom. The minimum atomic E-state index is -5.43. The van der Waals surface area contributed by atoms with Gasteiger partial charge in [-0.3, -0.25) is 13.6 Å². The van der Waals surface area contributed by atoms with Crippen molar-refractivity contribution in [1.82, 2.24) is 6.15 Å². The topological polar surface area (TPSA) is 296 Å². The van der Waals surface area contributed by atoms with E-state index in [4.69, 9.17) is 29.4 Å². The fourth-order valence-electron chi connectivity index (χ4n) is 2.01. The fourth-order valence-corrected chi connectivity index (χ4v) is 3.70. The molecule has 0 bridgehead atoms. The third kappa shape index (κ3) is 7.74. The zero-order chi connectivity index (χ0) is 19.1. The van der Waals surface area contributed by atoms with E-state index in [1.807, 2.05) is 0 Å². The number of aliphatic hydroxyl groups is 3. The number of hydrogen-bond donors (Lipinski definition) is 10. The smallest absolute Gasteiger partial charge is 0.387 e. The van der Waals surface area contributed by atoms with Gasteiger partial charge in [0.05, 0.1) is 0 Å². The molecular weight excluding hydrogens is 419 g/mol. The van der Waals surface area contributed by atoms with Crippen LogP contribution in [0.1, 0.15) is 0 Å². The lowest BCUT2D eigenvalue weighted by atomic mass is 9.85. The van der Waals surface area contributed by atoms with E-state index in [-0.39, 0.29) is 6.15 Å².